The summed E-state index contributed by atoms with van der Waals surface area (Å²) >= 11 is 0. The summed E-state index contributed by atoms with van der Waals surface area (Å²) in [6.45, 7) is 7.39. The molecule has 0 fully saturated rings. The Morgan fingerprint density at radius 1 is 0.905 bits per heavy atom. The summed E-state index contributed by atoms with van der Waals surface area (Å²) in [6, 6.07) is 15.0. The molecule has 21 heavy (non-hydrogen) atoms. The van der Waals surface area contributed by atoms with Crippen LogP contribution in [0.5, 0.6) is 0 Å². The third kappa shape index (κ3) is 2.31. The first kappa shape index (κ1) is 13.7. The van der Waals surface area contributed by atoms with Crippen LogP contribution in [-0.2, 0) is 13.6 Å². The molecular weight excluding hydrogens is 256 g/mol. The summed E-state index contributed by atoms with van der Waals surface area (Å²) in [5, 5.41) is 4.94. The number of hydrogen-bond acceptors (Lipinski definition) is 1. The van der Waals surface area contributed by atoms with Crippen LogP contribution in [-0.4, -0.2) is 4.57 Å². The largest absolute Gasteiger partial charge is 0.379 e. The standard InChI is InChI=1S/C19H22N2/c1-13-8-7-10-17(14(13)2)20-12-19-15(3)16-9-5-6-11-18(16)21(19)4/h5-11,20H,12H2,1-4H3. The van der Waals surface area contributed by atoms with Gasteiger partial charge in [0.05, 0.1) is 6.54 Å². The average Bonchev–Trinajstić information content (AvgIpc) is 2.73. The van der Waals surface area contributed by atoms with Crippen molar-refractivity contribution < 1.29 is 0 Å². The Hall–Kier alpha value is -2.22. The average molecular weight is 278 g/mol. The van der Waals surface area contributed by atoms with E-state index < -0.39 is 0 Å². The Labute approximate surface area is 126 Å². The number of nitrogens with one attached hydrogen (secondary N) is 1. The molecule has 0 aliphatic heterocycles. The minimum Gasteiger partial charge on any atom is -0.379 e. The van der Waals surface area contributed by atoms with E-state index >= 15 is 0 Å². The van der Waals surface area contributed by atoms with Crippen LogP contribution in [0.25, 0.3) is 10.9 Å². The van der Waals surface area contributed by atoms with Crippen LogP contribution in [0.1, 0.15) is 22.4 Å². The van der Waals surface area contributed by atoms with Gasteiger partial charge in [0.1, 0.15) is 0 Å². The summed E-state index contributed by atoms with van der Waals surface area (Å²) in [6.07, 6.45) is 0. The van der Waals surface area contributed by atoms with Gasteiger partial charge in [-0.25, -0.2) is 0 Å². The number of rotatable bonds is 3. The van der Waals surface area contributed by atoms with Gasteiger partial charge in [0.15, 0.2) is 0 Å². The zero-order valence-corrected chi connectivity index (χ0v) is 13.2. The fourth-order valence-electron chi connectivity index (χ4n) is 3.01. The van der Waals surface area contributed by atoms with Crippen molar-refractivity contribution >= 4 is 16.6 Å². The molecule has 0 saturated carbocycles. The van der Waals surface area contributed by atoms with E-state index in [1.165, 1.54) is 39.0 Å². The number of aryl methyl sites for hydroxylation is 3. The number of para-hydroxylation sites is 1. The van der Waals surface area contributed by atoms with E-state index in [2.05, 4.69) is 80.2 Å². The van der Waals surface area contributed by atoms with Crippen molar-refractivity contribution in [3.05, 3.63) is 64.8 Å². The molecule has 0 aliphatic rings. The Kier molecular flexibility index (Phi) is 3.46. The fourth-order valence-corrected chi connectivity index (χ4v) is 3.01. The lowest BCUT2D eigenvalue weighted by Gasteiger charge is -2.13. The first-order chi connectivity index (χ1) is 10.1. The van der Waals surface area contributed by atoms with E-state index in [-0.39, 0.29) is 0 Å². The maximum Gasteiger partial charge on any atom is 0.0556 e. The number of aromatic nitrogens is 1. The Bertz CT molecular complexity index is 758. The van der Waals surface area contributed by atoms with Gasteiger partial charge in [-0.15, -0.1) is 0 Å². The van der Waals surface area contributed by atoms with E-state index in [0.29, 0.717) is 0 Å². The molecular formula is C19H22N2. The quantitative estimate of drug-likeness (QED) is 0.734. The minimum atomic E-state index is 0.849. The van der Waals surface area contributed by atoms with Crippen molar-refractivity contribution in [1.29, 1.82) is 0 Å². The topological polar surface area (TPSA) is 17.0 Å². The molecule has 2 nitrogen and oxygen atoms in total. The summed E-state index contributed by atoms with van der Waals surface area (Å²) in [5.74, 6) is 0. The molecule has 0 bridgehead atoms. The molecule has 0 aliphatic carbocycles. The molecule has 0 spiro atoms. The molecule has 1 aromatic heterocycles. The maximum absolute atomic E-state index is 3.59. The van der Waals surface area contributed by atoms with Gasteiger partial charge in [0, 0.05) is 29.3 Å². The first-order valence-corrected chi connectivity index (χ1v) is 7.42. The summed E-state index contributed by atoms with van der Waals surface area (Å²) in [7, 11) is 2.15. The minimum absolute atomic E-state index is 0.849. The lowest BCUT2D eigenvalue weighted by atomic mass is 10.1. The van der Waals surface area contributed by atoms with Gasteiger partial charge in [0.2, 0.25) is 0 Å². The predicted molar refractivity (Wildman–Crippen MR) is 90.9 cm³/mol. The van der Waals surface area contributed by atoms with Crippen LogP contribution in [0.4, 0.5) is 5.69 Å². The van der Waals surface area contributed by atoms with Crippen molar-refractivity contribution in [2.24, 2.45) is 7.05 Å². The molecule has 3 aromatic rings. The fraction of sp³-hybridized carbons (Fsp3) is 0.263. The second-order valence-corrected chi connectivity index (χ2v) is 5.75. The molecule has 0 saturated heterocycles. The molecule has 2 heteroatoms. The number of hydrogen-bond donors (Lipinski definition) is 1. The number of anilines is 1. The molecule has 2 aromatic carbocycles. The summed E-state index contributed by atoms with van der Waals surface area (Å²) in [5.41, 5.74) is 7.89. The van der Waals surface area contributed by atoms with Gasteiger partial charge in [-0.2, -0.15) is 0 Å². The van der Waals surface area contributed by atoms with Crippen molar-refractivity contribution in [2.45, 2.75) is 27.3 Å². The highest BCUT2D eigenvalue weighted by Gasteiger charge is 2.11. The van der Waals surface area contributed by atoms with E-state index in [1.807, 2.05) is 0 Å². The predicted octanol–water partition coefficient (Wildman–Crippen LogP) is 4.72. The molecule has 1 N–H and O–H groups in total. The van der Waals surface area contributed by atoms with Crippen LogP contribution in [0, 0.1) is 20.8 Å². The smallest absolute Gasteiger partial charge is 0.0556 e. The second-order valence-electron chi connectivity index (χ2n) is 5.75. The Morgan fingerprint density at radius 2 is 1.67 bits per heavy atom. The van der Waals surface area contributed by atoms with Crippen molar-refractivity contribution in [1.82, 2.24) is 4.57 Å². The van der Waals surface area contributed by atoms with Gasteiger partial charge in [-0.3, -0.25) is 0 Å². The second kappa shape index (κ2) is 5.28. The molecule has 0 atom stereocenters. The van der Waals surface area contributed by atoms with Gasteiger partial charge in [-0.1, -0.05) is 30.3 Å². The third-order valence-corrected chi connectivity index (χ3v) is 4.56. The van der Waals surface area contributed by atoms with E-state index in [9.17, 15) is 0 Å². The van der Waals surface area contributed by atoms with E-state index in [0.717, 1.165) is 6.54 Å². The van der Waals surface area contributed by atoms with Crippen LogP contribution in [0.3, 0.4) is 0 Å². The maximum atomic E-state index is 3.59. The summed E-state index contributed by atoms with van der Waals surface area (Å²) < 4.78 is 2.29. The van der Waals surface area contributed by atoms with Crippen molar-refractivity contribution in [3.63, 3.8) is 0 Å². The van der Waals surface area contributed by atoms with Crippen LogP contribution in [0.15, 0.2) is 42.5 Å². The molecule has 3 rings (SSSR count). The van der Waals surface area contributed by atoms with Gasteiger partial charge >= 0.3 is 0 Å². The zero-order valence-electron chi connectivity index (χ0n) is 13.2. The lowest BCUT2D eigenvalue weighted by molar-refractivity contribution is 0.861. The first-order valence-electron chi connectivity index (χ1n) is 7.42. The van der Waals surface area contributed by atoms with Gasteiger partial charge < -0.3 is 9.88 Å². The SMILES string of the molecule is Cc1cccc(NCc2c(C)c3ccccc3n2C)c1C. The van der Waals surface area contributed by atoms with Crippen LogP contribution < -0.4 is 5.32 Å². The lowest BCUT2D eigenvalue weighted by Crippen LogP contribution is -2.07. The zero-order chi connectivity index (χ0) is 15.0. The van der Waals surface area contributed by atoms with E-state index in [4.69, 9.17) is 0 Å². The molecule has 1 heterocycles. The molecule has 0 unspecified atom stereocenters. The Morgan fingerprint density at radius 3 is 2.43 bits per heavy atom. The highest BCUT2D eigenvalue weighted by Crippen LogP contribution is 2.26. The van der Waals surface area contributed by atoms with Gasteiger partial charge in [0.25, 0.3) is 0 Å². The highest BCUT2D eigenvalue weighted by atomic mass is 15.0. The molecule has 0 amide bonds. The van der Waals surface area contributed by atoms with Gasteiger partial charge in [-0.05, 0) is 49.6 Å². The van der Waals surface area contributed by atoms with Crippen molar-refractivity contribution in [2.75, 3.05) is 5.32 Å². The number of nitrogens with zero attached hydrogens (tertiary/aromatic N) is 1. The normalized spacial score (nSPS) is 11.0. The number of fused-ring (bicyclic) bond motifs is 1. The van der Waals surface area contributed by atoms with E-state index in [1.54, 1.807) is 0 Å². The van der Waals surface area contributed by atoms with Crippen LogP contribution in [0.2, 0.25) is 0 Å². The molecule has 0 radical (unpaired) electrons. The van der Waals surface area contributed by atoms with Crippen molar-refractivity contribution in [3.8, 4) is 0 Å². The van der Waals surface area contributed by atoms with Crippen LogP contribution >= 0.6 is 0 Å². The molecule has 108 valence electrons. The summed E-state index contributed by atoms with van der Waals surface area (Å²) in [4.78, 5) is 0. The third-order valence-electron chi connectivity index (χ3n) is 4.56. The number of benzene rings is 2. The monoisotopic (exact) mass is 278 g/mol. The Balaban J connectivity index is 1.94. The highest BCUT2D eigenvalue weighted by molar-refractivity contribution is 5.85.